The SMILES string of the molecule is CC.Cc1ccc(C(C)(C)CS)cc1. The molecular formula is C13H22S. The minimum Gasteiger partial charge on any atom is -0.178 e. The molecule has 0 nitrogen and oxygen atoms in total. The van der Waals surface area contributed by atoms with Gasteiger partial charge >= 0.3 is 0 Å². The zero-order chi connectivity index (χ0) is 11.2. The maximum absolute atomic E-state index is 4.34. The van der Waals surface area contributed by atoms with Crippen molar-refractivity contribution in [3.05, 3.63) is 35.4 Å². The Bertz CT molecular complexity index is 246. The first kappa shape index (κ1) is 13.6. The van der Waals surface area contributed by atoms with Gasteiger partial charge in [-0.3, -0.25) is 0 Å². The number of aryl methyl sites for hydroxylation is 1. The lowest BCUT2D eigenvalue weighted by Gasteiger charge is -2.22. The van der Waals surface area contributed by atoms with Crippen LogP contribution in [0, 0.1) is 6.92 Å². The van der Waals surface area contributed by atoms with Crippen molar-refractivity contribution >= 4 is 12.6 Å². The van der Waals surface area contributed by atoms with Gasteiger partial charge < -0.3 is 0 Å². The highest BCUT2D eigenvalue weighted by atomic mass is 32.1. The van der Waals surface area contributed by atoms with Crippen molar-refractivity contribution in [2.75, 3.05) is 5.75 Å². The third kappa shape index (κ3) is 3.75. The van der Waals surface area contributed by atoms with E-state index in [2.05, 4.69) is 57.7 Å². The summed E-state index contributed by atoms with van der Waals surface area (Å²) < 4.78 is 0. The van der Waals surface area contributed by atoms with Gasteiger partial charge in [0.25, 0.3) is 0 Å². The molecule has 0 aromatic heterocycles. The van der Waals surface area contributed by atoms with Gasteiger partial charge in [0.15, 0.2) is 0 Å². The van der Waals surface area contributed by atoms with Gasteiger partial charge in [-0.2, -0.15) is 12.6 Å². The minimum atomic E-state index is 0.191. The van der Waals surface area contributed by atoms with Gasteiger partial charge in [0.2, 0.25) is 0 Å². The van der Waals surface area contributed by atoms with Gasteiger partial charge in [0.1, 0.15) is 0 Å². The molecule has 0 atom stereocenters. The topological polar surface area (TPSA) is 0 Å². The Morgan fingerprint density at radius 2 is 1.50 bits per heavy atom. The first-order valence-corrected chi connectivity index (χ1v) is 5.87. The van der Waals surface area contributed by atoms with Gasteiger partial charge in [-0.15, -0.1) is 0 Å². The molecule has 0 aliphatic rings. The second-order valence-corrected chi connectivity index (χ2v) is 4.22. The molecule has 14 heavy (non-hydrogen) atoms. The molecule has 0 fully saturated rings. The predicted octanol–water partition coefficient (Wildman–Crippen LogP) is 4.23. The zero-order valence-corrected chi connectivity index (χ0v) is 10.9. The Kier molecular flexibility index (Phi) is 5.94. The summed E-state index contributed by atoms with van der Waals surface area (Å²) in [5.74, 6) is 0.885. The summed E-state index contributed by atoms with van der Waals surface area (Å²) >= 11 is 4.34. The minimum absolute atomic E-state index is 0.191. The summed E-state index contributed by atoms with van der Waals surface area (Å²) in [6.07, 6.45) is 0. The summed E-state index contributed by atoms with van der Waals surface area (Å²) in [4.78, 5) is 0. The molecule has 0 saturated carbocycles. The van der Waals surface area contributed by atoms with E-state index < -0.39 is 0 Å². The summed E-state index contributed by atoms with van der Waals surface area (Å²) in [5, 5.41) is 0. The van der Waals surface area contributed by atoms with Crippen molar-refractivity contribution in [3.63, 3.8) is 0 Å². The molecule has 0 aliphatic carbocycles. The highest BCUT2D eigenvalue weighted by Gasteiger charge is 2.17. The van der Waals surface area contributed by atoms with Crippen LogP contribution in [0.5, 0.6) is 0 Å². The maximum Gasteiger partial charge on any atom is -0.000584 e. The van der Waals surface area contributed by atoms with Gasteiger partial charge in [0.05, 0.1) is 0 Å². The lowest BCUT2D eigenvalue weighted by molar-refractivity contribution is 0.604. The summed E-state index contributed by atoms with van der Waals surface area (Å²) in [6, 6.07) is 8.68. The van der Waals surface area contributed by atoms with Crippen molar-refractivity contribution < 1.29 is 0 Å². The van der Waals surface area contributed by atoms with Crippen LogP contribution in [-0.4, -0.2) is 5.75 Å². The molecule has 0 amide bonds. The van der Waals surface area contributed by atoms with E-state index >= 15 is 0 Å². The number of rotatable bonds is 2. The molecule has 1 aromatic rings. The van der Waals surface area contributed by atoms with Crippen LogP contribution in [-0.2, 0) is 5.41 Å². The van der Waals surface area contributed by atoms with E-state index in [4.69, 9.17) is 0 Å². The average molecular weight is 210 g/mol. The highest BCUT2D eigenvalue weighted by Crippen LogP contribution is 2.24. The van der Waals surface area contributed by atoms with Gasteiger partial charge in [-0.25, -0.2) is 0 Å². The van der Waals surface area contributed by atoms with Crippen LogP contribution in [0.3, 0.4) is 0 Å². The number of hydrogen-bond acceptors (Lipinski definition) is 1. The second-order valence-electron chi connectivity index (χ2n) is 3.91. The molecule has 0 saturated heterocycles. The van der Waals surface area contributed by atoms with Crippen LogP contribution >= 0.6 is 12.6 Å². The summed E-state index contributed by atoms with van der Waals surface area (Å²) in [6.45, 7) is 10.5. The Balaban J connectivity index is 0.000000791. The van der Waals surface area contributed by atoms with Crippen molar-refractivity contribution in [1.82, 2.24) is 0 Å². The van der Waals surface area contributed by atoms with Crippen LogP contribution < -0.4 is 0 Å². The van der Waals surface area contributed by atoms with Crippen molar-refractivity contribution in [2.45, 2.75) is 40.0 Å². The molecule has 0 N–H and O–H groups in total. The molecule has 1 heteroatoms. The Morgan fingerprint density at radius 3 is 1.86 bits per heavy atom. The van der Waals surface area contributed by atoms with E-state index in [0.717, 1.165) is 5.75 Å². The Morgan fingerprint density at radius 1 is 1.07 bits per heavy atom. The number of thiol groups is 1. The Hall–Kier alpha value is -0.430. The van der Waals surface area contributed by atoms with Gasteiger partial charge in [0, 0.05) is 0 Å². The fourth-order valence-electron chi connectivity index (χ4n) is 1.10. The second kappa shape index (κ2) is 6.13. The fourth-order valence-corrected chi connectivity index (χ4v) is 1.28. The smallest absolute Gasteiger partial charge is 0.000584 e. The van der Waals surface area contributed by atoms with Crippen molar-refractivity contribution in [1.29, 1.82) is 0 Å². The molecule has 1 aromatic carbocycles. The third-order valence-electron chi connectivity index (χ3n) is 2.23. The lowest BCUT2D eigenvalue weighted by atomic mass is 9.86. The zero-order valence-electron chi connectivity index (χ0n) is 9.96. The fraction of sp³-hybridized carbons (Fsp3) is 0.538. The third-order valence-corrected chi connectivity index (χ3v) is 3.02. The first-order chi connectivity index (χ1) is 6.56. The van der Waals surface area contributed by atoms with Crippen LogP contribution in [0.2, 0.25) is 0 Å². The van der Waals surface area contributed by atoms with Crippen LogP contribution in [0.15, 0.2) is 24.3 Å². The van der Waals surface area contributed by atoms with Gasteiger partial charge in [-0.05, 0) is 23.7 Å². The molecule has 0 unspecified atom stereocenters. The van der Waals surface area contributed by atoms with Crippen molar-refractivity contribution in [3.8, 4) is 0 Å². The molecule has 0 radical (unpaired) electrons. The van der Waals surface area contributed by atoms with Crippen LogP contribution in [0.25, 0.3) is 0 Å². The summed E-state index contributed by atoms with van der Waals surface area (Å²) in [5.41, 5.74) is 2.87. The number of hydrogen-bond donors (Lipinski definition) is 1. The quantitative estimate of drug-likeness (QED) is 0.694. The molecule has 0 aliphatic heterocycles. The molecular weight excluding hydrogens is 188 g/mol. The average Bonchev–Trinajstić information content (AvgIpc) is 2.21. The Labute approximate surface area is 94.1 Å². The van der Waals surface area contributed by atoms with E-state index in [9.17, 15) is 0 Å². The highest BCUT2D eigenvalue weighted by molar-refractivity contribution is 7.80. The molecule has 0 spiro atoms. The van der Waals surface area contributed by atoms with Crippen LogP contribution in [0.4, 0.5) is 0 Å². The molecule has 0 bridgehead atoms. The van der Waals surface area contributed by atoms with E-state index in [0.29, 0.717) is 0 Å². The van der Waals surface area contributed by atoms with Crippen molar-refractivity contribution in [2.24, 2.45) is 0 Å². The van der Waals surface area contributed by atoms with Crippen LogP contribution in [0.1, 0.15) is 38.8 Å². The molecule has 1 rings (SSSR count). The first-order valence-electron chi connectivity index (χ1n) is 5.24. The maximum atomic E-state index is 4.34. The van der Waals surface area contributed by atoms with E-state index in [1.165, 1.54) is 11.1 Å². The van der Waals surface area contributed by atoms with E-state index in [-0.39, 0.29) is 5.41 Å². The number of benzene rings is 1. The largest absolute Gasteiger partial charge is 0.178 e. The van der Waals surface area contributed by atoms with E-state index in [1.807, 2.05) is 13.8 Å². The lowest BCUT2D eigenvalue weighted by Crippen LogP contribution is -2.18. The summed E-state index contributed by atoms with van der Waals surface area (Å²) in [7, 11) is 0. The van der Waals surface area contributed by atoms with Gasteiger partial charge in [-0.1, -0.05) is 57.5 Å². The normalized spacial score (nSPS) is 10.4. The monoisotopic (exact) mass is 210 g/mol. The molecule has 0 heterocycles. The standard InChI is InChI=1S/C11H16S.C2H6/c1-9-4-6-10(7-5-9)11(2,3)8-12;1-2/h4-7,12H,8H2,1-3H3;1-2H3. The van der Waals surface area contributed by atoms with E-state index in [1.54, 1.807) is 0 Å². The molecule has 80 valence electrons. The predicted molar refractivity (Wildman–Crippen MR) is 69.4 cm³/mol.